The van der Waals surface area contributed by atoms with Gasteiger partial charge in [0, 0.05) is 38.1 Å². The number of anilines is 1. The third kappa shape index (κ3) is 4.59. The number of pyridine rings is 1. The molecule has 1 saturated heterocycles. The third-order valence-corrected chi connectivity index (χ3v) is 4.66. The quantitative estimate of drug-likeness (QED) is 0.895. The molecule has 0 unspecified atom stereocenters. The van der Waals surface area contributed by atoms with Crippen molar-refractivity contribution in [1.29, 1.82) is 0 Å². The van der Waals surface area contributed by atoms with Crippen LogP contribution < -0.4 is 5.32 Å². The van der Waals surface area contributed by atoms with Crippen LogP contribution in [-0.2, 0) is 4.79 Å². The Bertz CT molecular complexity index is 786. The van der Waals surface area contributed by atoms with Crippen LogP contribution in [0, 0.1) is 6.92 Å². The van der Waals surface area contributed by atoms with Crippen molar-refractivity contribution in [2.24, 2.45) is 0 Å². The number of hydrogen-bond acceptors (Lipinski definition) is 4. The zero-order chi connectivity index (χ0) is 18.5. The number of aryl methyl sites for hydroxylation is 1. The van der Waals surface area contributed by atoms with Gasteiger partial charge in [-0.3, -0.25) is 19.5 Å². The first kappa shape index (κ1) is 18.4. The lowest BCUT2D eigenvalue weighted by molar-refractivity contribution is -0.117. The van der Waals surface area contributed by atoms with Crippen LogP contribution in [0.1, 0.15) is 16.1 Å². The highest BCUT2D eigenvalue weighted by Crippen LogP contribution is 2.20. The van der Waals surface area contributed by atoms with Gasteiger partial charge in [0.2, 0.25) is 5.91 Å². The van der Waals surface area contributed by atoms with Gasteiger partial charge in [0.1, 0.15) is 0 Å². The Labute approximate surface area is 157 Å². The number of aromatic nitrogens is 1. The van der Waals surface area contributed by atoms with Gasteiger partial charge in [0.05, 0.1) is 22.8 Å². The molecular weight excluding hydrogens is 352 g/mol. The number of hydrogen-bond donors (Lipinski definition) is 1. The van der Waals surface area contributed by atoms with Crippen LogP contribution in [0.15, 0.2) is 42.6 Å². The van der Waals surface area contributed by atoms with Gasteiger partial charge >= 0.3 is 0 Å². The van der Waals surface area contributed by atoms with Crippen LogP contribution in [0.2, 0.25) is 5.02 Å². The molecule has 1 aromatic carbocycles. The van der Waals surface area contributed by atoms with Crippen molar-refractivity contribution in [3.63, 3.8) is 0 Å². The van der Waals surface area contributed by atoms with E-state index in [0.717, 1.165) is 5.69 Å². The Balaban J connectivity index is 1.49. The van der Waals surface area contributed by atoms with Gasteiger partial charge < -0.3 is 10.2 Å². The van der Waals surface area contributed by atoms with E-state index in [-0.39, 0.29) is 18.4 Å². The van der Waals surface area contributed by atoms with Crippen molar-refractivity contribution in [3.8, 4) is 0 Å². The van der Waals surface area contributed by atoms with Gasteiger partial charge in [-0.1, -0.05) is 23.7 Å². The van der Waals surface area contributed by atoms with Crippen LogP contribution in [0.3, 0.4) is 0 Å². The van der Waals surface area contributed by atoms with E-state index in [1.165, 1.54) is 0 Å². The average Bonchev–Trinajstić information content (AvgIpc) is 2.64. The van der Waals surface area contributed by atoms with E-state index < -0.39 is 0 Å². The van der Waals surface area contributed by atoms with Gasteiger partial charge in [-0.25, -0.2) is 0 Å². The van der Waals surface area contributed by atoms with E-state index in [1.807, 2.05) is 30.0 Å². The van der Waals surface area contributed by atoms with Crippen LogP contribution in [0.4, 0.5) is 5.69 Å². The lowest BCUT2D eigenvalue weighted by Gasteiger charge is -2.34. The number of carbonyl (C=O) groups excluding carboxylic acids is 2. The van der Waals surface area contributed by atoms with E-state index in [0.29, 0.717) is 42.5 Å². The second-order valence-electron chi connectivity index (χ2n) is 6.28. The number of piperazine rings is 1. The molecule has 0 saturated carbocycles. The molecule has 1 aliphatic heterocycles. The summed E-state index contributed by atoms with van der Waals surface area (Å²) < 4.78 is 0. The Hall–Kier alpha value is -2.44. The fourth-order valence-electron chi connectivity index (χ4n) is 2.84. The maximum Gasteiger partial charge on any atom is 0.255 e. The summed E-state index contributed by atoms with van der Waals surface area (Å²) in [5.74, 6) is -0.127. The molecule has 0 radical (unpaired) electrons. The van der Waals surface area contributed by atoms with Crippen molar-refractivity contribution in [3.05, 3.63) is 58.9 Å². The summed E-state index contributed by atoms with van der Waals surface area (Å²) in [6, 6.07) is 10.8. The zero-order valence-corrected chi connectivity index (χ0v) is 15.4. The molecule has 1 fully saturated rings. The molecule has 2 heterocycles. The zero-order valence-electron chi connectivity index (χ0n) is 14.6. The normalized spacial score (nSPS) is 14.9. The maximum atomic E-state index is 12.5. The molecule has 2 amide bonds. The second kappa shape index (κ2) is 8.29. The third-order valence-electron chi connectivity index (χ3n) is 4.33. The first-order valence-corrected chi connectivity index (χ1v) is 8.89. The summed E-state index contributed by atoms with van der Waals surface area (Å²) in [5.41, 5.74) is 2.09. The molecule has 0 aliphatic carbocycles. The van der Waals surface area contributed by atoms with Crippen molar-refractivity contribution in [1.82, 2.24) is 14.8 Å². The molecule has 0 spiro atoms. The number of halogens is 1. The summed E-state index contributed by atoms with van der Waals surface area (Å²) in [6.45, 7) is 4.65. The van der Waals surface area contributed by atoms with E-state index in [2.05, 4.69) is 10.3 Å². The molecule has 6 nitrogen and oxygen atoms in total. The first-order chi connectivity index (χ1) is 12.5. The highest BCUT2D eigenvalue weighted by Gasteiger charge is 2.23. The van der Waals surface area contributed by atoms with E-state index >= 15 is 0 Å². The monoisotopic (exact) mass is 372 g/mol. The molecule has 2 aromatic rings. The number of carbonyl (C=O) groups is 2. The van der Waals surface area contributed by atoms with E-state index in [9.17, 15) is 9.59 Å². The first-order valence-electron chi connectivity index (χ1n) is 8.51. The van der Waals surface area contributed by atoms with Crippen molar-refractivity contribution >= 4 is 29.1 Å². The number of amides is 2. The molecule has 136 valence electrons. The summed E-state index contributed by atoms with van der Waals surface area (Å²) in [7, 11) is 0. The Kier molecular flexibility index (Phi) is 5.85. The van der Waals surface area contributed by atoms with Gasteiger partial charge in [0.15, 0.2) is 0 Å². The molecule has 7 heteroatoms. The van der Waals surface area contributed by atoms with Crippen LogP contribution >= 0.6 is 11.6 Å². The Morgan fingerprint density at radius 2 is 1.85 bits per heavy atom. The Morgan fingerprint density at radius 3 is 2.50 bits per heavy atom. The maximum absolute atomic E-state index is 12.5. The molecule has 0 atom stereocenters. The predicted octanol–water partition coefficient (Wildman–Crippen LogP) is 2.44. The summed E-state index contributed by atoms with van der Waals surface area (Å²) >= 11 is 6.06. The number of benzene rings is 1. The number of nitrogens with zero attached hydrogens (tertiary/aromatic N) is 3. The minimum absolute atomic E-state index is 0.0160. The smallest absolute Gasteiger partial charge is 0.255 e. The molecule has 1 aliphatic rings. The average molecular weight is 373 g/mol. The molecule has 1 aromatic heterocycles. The predicted molar refractivity (Wildman–Crippen MR) is 101 cm³/mol. The summed E-state index contributed by atoms with van der Waals surface area (Å²) in [4.78, 5) is 32.7. The molecule has 1 N–H and O–H groups in total. The van der Waals surface area contributed by atoms with Crippen LogP contribution in [0.25, 0.3) is 0 Å². The summed E-state index contributed by atoms with van der Waals surface area (Å²) in [6.07, 6.45) is 1.61. The van der Waals surface area contributed by atoms with Gasteiger partial charge in [-0.05, 0) is 31.2 Å². The lowest BCUT2D eigenvalue weighted by atomic mass is 10.2. The van der Waals surface area contributed by atoms with Gasteiger partial charge in [-0.15, -0.1) is 0 Å². The van der Waals surface area contributed by atoms with Crippen LogP contribution in [0.5, 0.6) is 0 Å². The topological polar surface area (TPSA) is 65.5 Å². The largest absolute Gasteiger partial charge is 0.336 e. The number of nitrogens with one attached hydrogen (secondary N) is 1. The van der Waals surface area contributed by atoms with Crippen LogP contribution in [-0.4, -0.2) is 59.3 Å². The minimum atomic E-state index is -0.111. The molecule has 3 rings (SSSR count). The molecule has 26 heavy (non-hydrogen) atoms. The number of rotatable bonds is 4. The summed E-state index contributed by atoms with van der Waals surface area (Å²) in [5, 5.41) is 3.34. The standard InChI is InChI=1S/C19H21ClN4O2/c1-14-6-7-15(12-21-14)19(26)24-10-8-23(9-11-24)13-18(25)22-17-5-3-2-4-16(17)20/h2-7,12H,8-11,13H2,1H3,(H,22,25). The fourth-order valence-corrected chi connectivity index (χ4v) is 3.02. The van der Waals surface area contributed by atoms with Crippen molar-refractivity contribution < 1.29 is 9.59 Å². The second-order valence-corrected chi connectivity index (χ2v) is 6.69. The highest BCUT2D eigenvalue weighted by molar-refractivity contribution is 6.33. The van der Waals surface area contributed by atoms with Gasteiger partial charge in [-0.2, -0.15) is 0 Å². The van der Waals surface area contributed by atoms with Gasteiger partial charge in [0.25, 0.3) is 5.91 Å². The van der Waals surface area contributed by atoms with E-state index in [1.54, 1.807) is 29.3 Å². The minimum Gasteiger partial charge on any atom is -0.336 e. The van der Waals surface area contributed by atoms with Crippen molar-refractivity contribution in [2.75, 3.05) is 38.0 Å². The number of para-hydroxylation sites is 1. The highest BCUT2D eigenvalue weighted by atomic mass is 35.5. The lowest BCUT2D eigenvalue weighted by Crippen LogP contribution is -2.50. The Morgan fingerprint density at radius 1 is 1.12 bits per heavy atom. The molecular formula is C19H21ClN4O2. The van der Waals surface area contributed by atoms with Crippen molar-refractivity contribution in [2.45, 2.75) is 6.92 Å². The SMILES string of the molecule is Cc1ccc(C(=O)N2CCN(CC(=O)Nc3ccccc3Cl)CC2)cn1. The molecule has 0 bridgehead atoms. The van der Waals surface area contributed by atoms with E-state index in [4.69, 9.17) is 11.6 Å². The fraction of sp³-hybridized carbons (Fsp3) is 0.316.